The molecule has 0 bridgehead atoms. The molecule has 0 radical (unpaired) electrons. The van der Waals surface area contributed by atoms with E-state index in [0.717, 1.165) is 10.9 Å². The summed E-state index contributed by atoms with van der Waals surface area (Å²) in [5.74, 6) is -0.000318. The maximum atomic E-state index is 12.3. The highest BCUT2D eigenvalue weighted by Gasteiger charge is 2.17. The number of halogens is 1. The largest absolute Gasteiger partial charge is 0.292 e. The Bertz CT molecular complexity index is 775. The molecule has 0 aliphatic heterocycles. The van der Waals surface area contributed by atoms with Crippen LogP contribution in [0.5, 0.6) is 0 Å². The van der Waals surface area contributed by atoms with E-state index in [-0.39, 0.29) is 5.78 Å². The molecule has 0 atom stereocenters. The molecule has 0 spiro atoms. The zero-order valence-corrected chi connectivity index (χ0v) is 12.5. The predicted octanol–water partition coefficient (Wildman–Crippen LogP) is 3.16. The highest BCUT2D eigenvalue weighted by Crippen LogP contribution is 2.19. The number of ketones is 1. The zero-order chi connectivity index (χ0) is 14.1. The molecule has 0 aliphatic carbocycles. The van der Waals surface area contributed by atoms with Crippen LogP contribution >= 0.6 is 15.9 Å². The normalized spacial score (nSPS) is 10.9. The molecule has 0 aliphatic rings. The number of hydrogen-bond donors (Lipinski definition) is 0. The Kier molecular flexibility index (Phi) is 3.36. The Hall–Kier alpha value is -2.01. The molecule has 20 heavy (non-hydrogen) atoms. The van der Waals surface area contributed by atoms with Gasteiger partial charge in [-0.1, -0.05) is 47.7 Å². The van der Waals surface area contributed by atoms with Gasteiger partial charge in [-0.2, -0.15) is 0 Å². The summed E-state index contributed by atoms with van der Waals surface area (Å²) >= 11 is 3.26. The van der Waals surface area contributed by atoms with Crippen molar-refractivity contribution in [2.75, 3.05) is 0 Å². The molecule has 3 rings (SSSR count). The lowest BCUT2D eigenvalue weighted by Crippen LogP contribution is -2.10. The lowest BCUT2D eigenvalue weighted by Gasteiger charge is -2.04. The van der Waals surface area contributed by atoms with Crippen LogP contribution in [0.15, 0.2) is 47.1 Å². The van der Waals surface area contributed by atoms with E-state index >= 15 is 0 Å². The zero-order valence-electron chi connectivity index (χ0n) is 10.9. The number of carbonyl (C=O) groups excluding carboxylic acids is 1. The lowest BCUT2D eigenvalue weighted by atomic mass is 10.0. The van der Waals surface area contributed by atoms with Crippen LogP contribution in [0, 0.1) is 0 Å². The van der Waals surface area contributed by atoms with Crippen molar-refractivity contribution in [2.24, 2.45) is 7.05 Å². The van der Waals surface area contributed by atoms with Crippen molar-refractivity contribution in [1.82, 2.24) is 15.0 Å². The number of carbonyl (C=O) groups is 1. The van der Waals surface area contributed by atoms with Gasteiger partial charge in [0.05, 0.1) is 0 Å². The second-order valence-electron chi connectivity index (χ2n) is 4.63. The smallest absolute Gasteiger partial charge is 0.188 e. The van der Waals surface area contributed by atoms with Gasteiger partial charge in [0.2, 0.25) is 0 Å². The Balaban J connectivity index is 1.91. The third kappa shape index (κ3) is 2.36. The standard InChI is InChI=1S/C15H12BrN3O/c1-19-14(15(16)17-18-19)13(20)9-10-6-7-11-4-2-3-5-12(11)8-10/h2-8H,9H2,1H3. The molecule has 0 amide bonds. The molecule has 5 heteroatoms. The first-order chi connectivity index (χ1) is 9.65. The van der Waals surface area contributed by atoms with E-state index in [4.69, 9.17) is 0 Å². The maximum Gasteiger partial charge on any atom is 0.188 e. The number of Topliss-reactive ketones (excluding diaryl/α,β-unsaturated/α-hetero) is 1. The Morgan fingerprint density at radius 3 is 2.65 bits per heavy atom. The van der Waals surface area contributed by atoms with Crippen molar-refractivity contribution >= 4 is 32.5 Å². The van der Waals surface area contributed by atoms with Crippen LogP contribution in [0.2, 0.25) is 0 Å². The average molecular weight is 330 g/mol. The molecular formula is C15H12BrN3O. The molecule has 3 aromatic rings. The van der Waals surface area contributed by atoms with Gasteiger partial charge in [-0.3, -0.25) is 4.79 Å². The van der Waals surface area contributed by atoms with Crippen LogP contribution < -0.4 is 0 Å². The van der Waals surface area contributed by atoms with Gasteiger partial charge >= 0.3 is 0 Å². The minimum Gasteiger partial charge on any atom is -0.292 e. The number of aromatic nitrogens is 3. The summed E-state index contributed by atoms with van der Waals surface area (Å²) in [7, 11) is 1.71. The minimum absolute atomic E-state index is 0.000318. The van der Waals surface area contributed by atoms with E-state index in [1.165, 1.54) is 10.1 Å². The third-order valence-electron chi connectivity index (χ3n) is 3.23. The van der Waals surface area contributed by atoms with Crippen LogP contribution in [0.4, 0.5) is 0 Å². The maximum absolute atomic E-state index is 12.3. The van der Waals surface area contributed by atoms with Gasteiger partial charge in [0.15, 0.2) is 10.4 Å². The predicted molar refractivity (Wildman–Crippen MR) is 80.7 cm³/mol. The lowest BCUT2D eigenvalue weighted by molar-refractivity contribution is 0.0983. The number of hydrogen-bond acceptors (Lipinski definition) is 3. The van der Waals surface area contributed by atoms with Crippen molar-refractivity contribution in [3.8, 4) is 0 Å². The van der Waals surface area contributed by atoms with Gasteiger partial charge in [0, 0.05) is 13.5 Å². The van der Waals surface area contributed by atoms with Crippen LogP contribution in [0.25, 0.3) is 10.8 Å². The van der Waals surface area contributed by atoms with Crippen molar-refractivity contribution in [3.05, 3.63) is 58.3 Å². The summed E-state index contributed by atoms with van der Waals surface area (Å²) in [5.41, 5.74) is 1.49. The SMILES string of the molecule is Cn1nnc(Br)c1C(=O)Cc1ccc2ccccc2c1. The number of benzene rings is 2. The summed E-state index contributed by atoms with van der Waals surface area (Å²) < 4.78 is 1.98. The van der Waals surface area contributed by atoms with Gasteiger partial charge in [-0.05, 0) is 32.3 Å². The van der Waals surface area contributed by atoms with E-state index in [1.54, 1.807) is 7.05 Å². The minimum atomic E-state index is -0.000318. The summed E-state index contributed by atoms with van der Waals surface area (Å²) in [6.45, 7) is 0. The van der Waals surface area contributed by atoms with Crippen LogP contribution in [-0.4, -0.2) is 20.8 Å². The highest BCUT2D eigenvalue weighted by atomic mass is 79.9. The molecule has 100 valence electrons. The molecule has 1 heterocycles. The van der Waals surface area contributed by atoms with Gasteiger partial charge in [0.1, 0.15) is 5.69 Å². The van der Waals surface area contributed by atoms with E-state index in [1.807, 2.05) is 36.4 Å². The molecule has 0 N–H and O–H groups in total. The fourth-order valence-corrected chi connectivity index (χ4v) is 2.79. The van der Waals surface area contributed by atoms with Crippen molar-refractivity contribution in [1.29, 1.82) is 0 Å². The second-order valence-corrected chi connectivity index (χ2v) is 5.39. The third-order valence-corrected chi connectivity index (χ3v) is 3.76. The van der Waals surface area contributed by atoms with Crippen LogP contribution in [-0.2, 0) is 13.5 Å². The highest BCUT2D eigenvalue weighted by molar-refractivity contribution is 9.10. The first-order valence-electron chi connectivity index (χ1n) is 6.21. The molecule has 1 aromatic heterocycles. The average Bonchev–Trinajstić information content (AvgIpc) is 2.78. The van der Waals surface area contributed by atoms with E-state index < -0.39 is 0 Å². The summed E-state index contributed by atoms with van der Waals surface area (Å²) in [6.07, 6.45) is 0.338. The number of fused-ring (bicyclic) bond motifs is 1. The van der Waals surface area contributed by atoms with Gasteiger partial charge < -0.3 is 0 Å². The van der Waals surface area contributed by atoms with Gasteiger partial charge in [-0.15, -0.1) is 5.10 Å². The molecule has 0 fully saturated rings. The molecule has 4 nitrogen and oxygen atoms in total. The quantitative estimate of drug-likeness (QED) is 0.693. The topological polar surface area (TPSA) is 47.8 Å². The van der Waals surface area contributed by atoms with E-state index in [9.17, 15) is 4.79 Å². The molecule has 2 aromatic carbocycles. The fourth-order valence-electron chi connectivity index (χ4n) is 2.25. The molecule has 0 saturated heterocycles. The summed E-state index contributed by atoms with van der Waals surface area (Å²) in [4.78, 5) is 12.3. The summed E-state index contributed by atoms with van der Waals surface area (Å²) in [6, 6.07) is 14.2. The first kappa shape index (κ1) is 13.0. The van der Waals surface area contributed by atoms with Gasteiger partial charge in [0.25, 0.3) is 0 Å². The Labute approximate surface area is 124 Å². The monoisotopic (exact) mass is 329 g/mol. The number of rotatable bonds is 3. The fraction of sp³-hybridized carbons (Fsp3) is 0.133. The Morgan fingerprint density at radius 1 is 1.20 bits per heavy atom. The number of nitrogens with zero attached hydrogens (tertiary/aromatic N) is 3. The van der Waals surface area contributed by atoms with Gasteiger partial charge in [-0.25, -0.2) is 4.68 Å². The summed E-state index contributed by atoms with van der Waals surface area (Å²) in [5, 5.41) is 9.98. The first-order valence-corrected chi connectivity index (χ1v) is 7.00. The second kappa shape index (κ2) is 5.17. The number of aryl methyl sites for hydroxylation is 1. The van der Waals surface area contributed by atoms with Crippen molar-refractivity contribution in [3.63, 3.8) is 0 Å². The molecule has 0 saturated carbocycles. The van der Waals surface area contributed by atoms with Crippen LogP contribution in [0.1, 0.15) is 16.1 Å². The van der Waals surface area contributed by atoms with E-state index in [2.05, 4.69) is 32.3 Å². The van der Waals surface area contributed by atoms with E-state index in [0.29, 0.717) is 16.7 Å². The molecular weight excluding hydrogens is 318 g/mol. The van der Waals surface area contributed by atoms with Crippen molar-refractivity contribution in [2.45, 2.75) is 6.42 Å². The Morgan fingerprint density at radius 2 is 1.95 bits per heavy atom. The molecule has 0 unspecified atom stereocenters. The van der Waals surface area contributed by atoms with Crippen LogP contribution in [0.3, 0.4) is 0 Å². The van der Waals surface area contributed by atoms with Crippen molar-refractivity contribution < 1.29 is 4.79 Å².